The molecule has 1 heterocycles. The summed E-state index contributed by atoms with van der Waals surface area (Å²) >= 11 is 1.35. The van der Waals surface area contributed by atoms with E-state index >= 15 is 0 Å². The Hall–Kier alpha value is -3.11. The third kappa shape index (κ3) is 4.85. The molecule has 1 aliphatic rings. The third-order valence-corrected chi connectivity index (χ3v) is 8.23. The Bertz CT molecular complexity index is 1510. The van der Waals surface area contributed by atoms with Gasteiger partial charge in [0.05, 0.1) is 10.6 Å². The van der Waals surface area contributed by atoms with Crippen LogP contribution in [0.5, 0.6) is 0 Å². The average Bonchev–Trinajstić information content (AvgIpc) is 3.58. The van der Waals surface area contributed by atoms with E-state index in [1.54, 1.807) is 36.5 Å². The zero-order valence-electron chi connectivity index (χ0n) is 18.8. The fraction of sp³-hybridized carbons (Fsp3) is 0.192. The van der Waals surface area contributed by atoms with Crippen LogP contribution in [-0.2, 0) is 10.0 Å². The summed E-state index contributed by atoms with van der Waals surface area (Å²) in [6, 6.07) is 15.8. The summed E-state index contributed by atoms with van der Waals surface area (Å²) < 4.78 is 48.3. The number of hydrogen-bond acceptors (Lipinski definition) is 6. The van der Waals surface area contributed by atoms with Gasteiger partial charge in [-0.1, -0.05) is 36.4 Å². The van der Waals surface area contributed by atoms with E-state index in [0.717, 1.165) is 28.8 Å². The van der Waals surface area contributed by atoms with E-state index in [9.17, 15) is 23.0 Å². The standard InChI is InChI=1S/C26H23FN2O4S2/c1-15-23(14-28-34-15)18-7-9-21(17-3-2-4-20(27)11-17)24(12-18)29-35(32,33)25-13-19(26(30)31)8-10-22(25)16-5-6-16/h2-4,7-14,16,26,29-31H,5-6H2,1H3. The zero-order chi connectivity index (χ0) is 24.7. The zero-order valence-corrected chi connectivity index (χ0v) is 20.4. The van der Waals surface area contributed by atoms with Crippen LogP contribution in [0.3, 0.4) is 0 Å². The molecule has 0 radical (unpaired) electrons. The summed E-state index contributed by atoms with van der Waals surface area (Å²) in [5, 5.41) is 19.3. The molecule has 0 saturated heterocycles. The number of anilines is 1. The van der Waals surface area contributed by atoms with Crippen molar-refractivity contribution in [3.8, 4) is 22.3 Å². The monoisotopic (exact) mass is 510 g/mol. The highest BCUT2D eigenvalue weighted by molar-refractivity contribution is 7.92. The Morgan fingerprint density at radius 2 is 1.80 bits per heavy atom. The molecular weight excluding hydrogens is 487 g/mol. The molecule has 1 fully saturated rings. The first-order chi connectivity index (χ1) is 16.7. The van der Waals surface area contributed by atoms with Gasteiger partial charge in [-0.25, -0.2) is 17.2 Å². The average molecular weight is 511 g/mol. The van der Waals surface area contributed by atoms with Gasteiger partial charge in [0, 0.05) is 27.8 Å². The molecule has 0 aliphatic heterocycles. The van der Waals surface area contributed by atoms with Gasteiger partial charge < -0.3 is 10.2 Å². The number of halogens is 1. The van der Waals surface area contributed by atoms with Gasteiger partial charge in [0.15, 0.2) is 6.29 Å². The van der Waals surface area contributed by atoms with Crippen LogP contribution in [0.25, 0.3) is 22.3 Å². The van der Waals surface area contributed by atoms with Crippen molar-refractivity contribution < 1.29 is 23.0 Å². The Morgan fingerprint density at radius 3 is 2.46 bits per heavy atom. The van der Waals surface area contributed by atoms with Crippen LogP contribution in [0.2, 0.25) is 0 Å². The second-order valence-corrected chi connectivity index (χ2v) is 11.3. The number of nitrogens with one attached hydrogen (secondary N) is 1. The lowest BCUT2D eigenvalue weighted by Gasteiger charge is -2.18. The Balaban J connectivity index is 1.64. The summed E-state index contributed by atoms with van der Waals surface area (Å²) in [5.41, 5.74) is 3.72. The van der Waals surface area contributed by atoms with Gasteiger partial charge in [-0.2, -0.15) is 0 Å². The Morgan fingerprint density at radius 1 is 1.03 bits per heavy atom. The van der Waals surface area contributed by atoms with Crippen LogP contribution >= 0.6 is 11.5 Å². The predicted molar refractivity (Wildman–Crippen MR) is 134 cm³/mol. The number of aryl methyl sites for hydroxylation is 1. The number of benzene rings is 3. The second kappa shape index (κ2) is 9.16. The fourth-order valence-corrected chi connectivity index (χ4v) is 6.15. The number of nitrogens with zero attached hydrogens (tertiary/aromatic N) is 1. The molecule has 4 aromatic rings. The van der Waals surface area contributed by atoms with Crippen LogP contribution in [0.4, 0.5) is 10.1 Å². The highest BCUT2D eigenvalue weighted by Crippen LogP contribution is 2.44. The summed E-state index contributed by atoms with van der Waals surface area (Å²) in [6.45, 7) is 1.94. The maximum absolute atomic E-state index is 14.0. The molecule has 1 aromatic heterocycles. The van der Waals surface area contributed by atoms with Crippen molar-refractivity contribution in [1.29, 1.82) is 0 Å². The maximum atomic E-state index is 14.0. The van der Waals surface area contributed by atoms with E-state index in [0.29, 0.717) is 16.7 Å². The molecule has 3 aromatic carbocycles. The molecular formula is C26H23FN2O4S2. The van der Waals surface area contributed by atoms with E-state index < -0.39 is 22.1 Å². The number of hydrogen-bond donors (Lipinski definition) is 3. The van der Waals surface area contributed by atoms with E-state index in [2.05, 4.69) is 9.10 Å². The topological polar surface area (TPSA) is 99.5 Å². The molecule has 9 heteroatoms. The van der Waals surface area contributed by atoms with Gasteiger partial charge in [-0.15, -0.1) is 0 Å². The summed E-state index contributed by atoms with van der Waals surface area (Å²) in [7, 11) is -4.12. The SMILES string of the molecule is Cc1sncc1-c1ccc(-c2cccc(F)c2)c(NS(=O)(=O)c2cc(C(O)O)ccc2C2CC2)c1. The van der Waals surface area contributed by atoms with Crippen molar-refractivity contribution in [2.45, 2.75) is 36.9 Å². The number of aliphatic hydroxyl groups excluding tert-OH is 1. The van der Waals surface area contributed by atoms with Gasteiger partial charge in [0.1, 0.15) is 5.82 Å². The van der Waals surface area contributed by atoms with Crippen LogP contribution in [0.15, 0.2) is 71.8 Å². The summed E-state index contributed by atoms with van der Waals surface area (Å²) in [5.74, 6) is -0.320. The molecule has 1 saturated carbocycles. The quantitative estimate of drug-likeness (QED) is 0.282. The van der Waals surface area contributed by atoms with Crippen molar-refractivity contribution in [2.75, 3.05) is 4.72 Å². The van der Waals surface area contributed by atoms with Crippen LogP contribution in [0.1, 0.15) is 41.1 Å². The van der Waals surface area contributed by atoms with E-state index in [-0.39, 0.29) is 22.1 Å². The molecule has 0 unspecified atom stereocenters. The second-order valence-electron chi connectivity index (χ2n) is 8.62. The molecule has 0 bridgehead atoms. The van der Waals surface area contributed by atoms with E-state index in [1.807, 2.05) is 13.0 Å². The molecule has 0 spiro atoms. The van der Waals surface area contributed by atoms with Crippen molar-refractivity contribution in [2.24, 2.45) is 0 Å². The molecule has 0 atom stereocenters. The van der Waals surface area contributed by atoms with Gasteiger partial charge >= 0.3 is 0 Å². The van der Waals surface area contributed by atoms with Gasteiger partial charge in [-0.3, -0.25) is 4.72 Å². The van der Waals surface area contributed by atoms with E-state index in [1.165, 1.54) is 35.8 Å². The van der Waals surface area contributed by atoms with Crippen LogP contribution < -0.4 is 4.72 Å². The molecule has 0 amide bonds. The van der Waals surface area contributed by atoms with Crippen molar-refractivity contribution in [1.82, 2.24) is 4.37 Å². The normalized spacial score (nSPS) is 13.9. The molecule has 35 heavy (non-hydrogen) atoms. The molecule has 1 aliphatic carbocycles. The first kappa shape index (κ1) is 23.6. The van der Waals surface area contributed by atoms with Crippen molar-refractivity contribution >= 4 is 27.2 Å². The lowest BCUT2D eigenvalue weighted by atomic mass is 9.99. The Labute approximate surface area is 206 Å². The smallest absolute Gasteiger partial charge is 0.262 e. The van der Waals surface area contributed by atoms with Crippen molar-refractivity contribution in [3.63, 3.8) is 0 Å². The molecule has 5 rings (SSSR count). The summed E-state index contributed by atoms with van der Waals surface area (Å²) in [6.07, 6.45) is 1.68. The minimum atomic E-state index is -4.12. The van der Waals surface area contributed by atoms with E-state index in [4.69, 9.17) is 0 Å². The lowest BCUT2D eigenvalue weighted by molar-refractivity contribution is -0.0426. The molecule has 6 nitrogen and oxygen atoms in total. The van der Waals surface area contributed by atoms with Gasteiger partial charge in [0.2, 0.25) is 0 Å². The fourth-order valence-electron chi connectivity index (χ4n) is 4.16. The Kier molecular flexibility index (Phi) is 6.18. The predicted octanol–water partition coefficient (Wildman–Crippen LogP) is 5.59. The summed E-state index contributed by atoms with van der Waals surface area (Å²) in [4.78, 5) is 0.993. The third-order valence-electron chi connectivity index (χ3n) is 6.10. The number of sulfonamides is 1. The van der Waals surface area contributed by atoms with Crippen LogP contribution in [0, 0.1) is 12.7 Å². The minimum absolute atomic E-state index is 0.00887. The first-order valence-electron chi connectivity index (χ1n) is 11.1. The maximum Gasteiger partial charge on any atom is 0.262 e. The minimum Gasteiger partial charge on any atom is -0.364 e. The largest absolute Gasteiger partial charge is 0.364 e. The number of aromatic nitrogens is 1. The lowest BCUT2D eigenvalue weighted by Crippen LogP contribution is -2.16. The highest BCUT2D eigenvalue weighted by Gasteiger charge is 2.31. The number of rotatable bonds is 7. The first-order valence-corrected chi connectivity index (χ1v) is 13.3. The number of aliphatic hydroxyl groups is 2. The molecule has 3 N–H and O–H groups in total. The van der Waals surface area contributed by atoms with Gasteiger partial charge in [-0.05, 0) is 78.2 Å². The molecule has 180 valence electrons. The van der Waals surface area contributed by atoms with Gasteiger partial charge in [0.25, 0.3) is 10.0 Å². The van der Waals surface area contributed by atoms with Crippen molar-refractivity contribution in [3.05, 3.63) is 88.7 Å². The van der Waals surface area contributed by atoms with Crippen LogP contribution in [-0.4, -0.2) is 23.0 Å². The highest BCUT2D eigenvalue weighted by atomic mass is 32.2.